The molecule has 1 N–H and O–H groups in total. The van der Waals surface area contributed by atoms with E-state index in [1.807, 2.05) is 54.7 Å². The average molecular weight is 700 g/mol. The second-order valence-corrected chi connectivity index (χ2v) is 10.4. The normalized spacial score (nSPS) is 13.3. The van der Waals surface area contributed by atoms with Crippen molar-refractivity contribution in [2.75, 3.05) is 4.90 Å². The van der Waals surface area contributed by atoms with Gasteiger partial charge in [-0.15, -0.1) is 23.8 Å². The molecule has 7 rings (SSSR count). The summed E-state index contributed by atoms with van der Waals surface area (Å²) in [5.74, 6) is 0.999. The van der Waals surface area contributed by atoms with E-state index in [1.54, 1.807) is 6.07 Å². The van der Waals surface area contributed by atoms with E-state index in [-0.39, 0.29) is 32.2 Å². The summed E-state index contributed by atoms with van der Waals surface area (Å²) in [4.78, 5) is 11.8. The Morgan fingerprint density at radius 3 is 2.35 bits per heavy atom. The Kier molecular flexibility index (Phi) is 6.52. The molecule has 0 atom stereocenters. The maximum Gasteiger partial charge on any atom is 0.140 e. The van der Waals surface area contributed by atoms with Crippen molar-refractivity contribution in [3.8, 4) is 28.1 Å². The van der Waals surface area contributed by atoms with Crippen LogP contribution in [0.5, 0.6) is 5.75 Å². The average Bonchev–Trinajstić information content (AvgIpc) is 2.98. The zero-order valence-corrected chi connectivity index (χ0v) is 24.3. The van der Waals surface area contributed by atoms with Gasteiger partial charge in [-0.25, -0.2) is 4.98 Å². The molecule has 198 valence electrons. The number of phenols is 1. The van der Waals surface area contributed by atoms with Crippen LogP contribution in [0.4, 0.5) is 17.2 Å². The Balaban J connectivity index is 0.00000289. The van der Waals surface area contributed by atoms with Crippen LogP contribution in [0, 0.1) is 6.07 Å². The second-order valence-electron chi connectivity index (χ2n) is 10.4. The molecule has 4 aromatic carbocycles. The largest absolute Gasteiger partial charge is 0.506 e. The third kappa shape index (κ3) is 4.11. The van der Waals surface area contributed by atoms with Crippen LogP contribution in [0.15, 0.2) is 115 Å². The summed E-state index contributed by atoms with van der Waals surface area (Å²) >= 11 is 0. The smallest absolute Gasteiger partial charge is 0.140 e. The van der Waals surface area contributed by atoms with Crippen LogP contribution in [0.3, 0.4) is 0 Å². The molecule has 0 fully saturated rings. The van der Waals surface area contributed by atoms with E-state index >= 15 is 0 Å². The number of phenolic OH excluding ortho intramolecular Hbond substituents is 1. The van der Waals surface area contributed by atoms with E-state index in [0.29, 0.717) is 5.52 Å². The molecule has 0 amide bonds. The Hall–Kier alpha value is -4.27. The molecular weight excluding hydrogens is 673 g/mol. The quantitative estimate of drug-likeness (QED) is 0.188. The molecule has 0 saturated heterocycles. The Morgan fingerprint density at radius 2 is 1.55 bits per heavy atom. The van der Waals surface area contributed by atoms with E-state index < -0.39 is 0 Å². The Bertz CT molecular complexity index is 1850. The summed E-state index contributed by atoms with van der Waals surface area (Å²) in [6.07, 6.45) is 1.82. The molecule has 40 heavy (non-hydrogen) atoms. The van der Waals surface area contributed by atoms with Crippen LogP contribution >= 0.6 is 0 Å². The van der Waals surface area contributed by atoms with E-state index in [1.165, 1.54) is 11.1 Å². The van der Waals surface area contributed by atoms with Crippen molar-refractivity contribution in [1.29, 1.82) is 0 Å². The standard InChI is InChI=1S/C35H26N3O.Pt/c1-35(2)27-14-6-7-15-30(27)38(33-17-8-9-20-36-33)31-21-24(18-19-28(31)35)29-22-26(23-11-4-3-5-12-23)25-13-10-16-32(39)34(25)37-29;/h3-20,22,39H,1-2H3;/q-1;. The van der Waals surface area contributed by atoms with Gasteiger partial charge in [-0.05, 0) is 57.8 Å². The van der Waals surface area contributed by atoms with Crippen molar-refractivity contribution in [2.24, 2.45) is 0 Å². The number of aromatic hydroxyl groups is 1. The van der Waals surface area contributed by atoms with Gasteiger partial charge in [-0.1, -0.05) is 92.2 Å². The molecule has 3 heterocycles. The zero-order valence-electron chi connectivity index (χ0n) is 22.1. The van der Waals surface area contributed by atoms with Crippen LogP contribution in [0.2, 0.25) is 0 Å². The monoisotopic (exact) mass is 699 g/mol. The number of hydrogen-bond donors (Lipinski definition) is 1. The number of pyridine rings is 2. The summed E-state index contributed by atoms with van der Waals surface area (Å²) < 4.78 is 0. The number of benzene rings is 4. The van der Waals surface area contributed by atoms with Crippen LogP contribution in [-0.4, -0.2) is 15.1 Å². The Labute approximate surface area is 248 Å². The first kappa shape index (κ1) is 26.0. The fraction of sp³-hybridized carbons (Fsp3) is 0.0857. The molecule has 4 nitrogen and oxygen atoms in total. The molecule has 0 saturated carbocycles. The molecular formula is C35H26N3OPt-. The minimum absolute atomic E-state index is 0. The van der Waals surface area contributed by atoms with E-state index in [9.17, 15) is 5.11 Å². The van der Waals surface area contributed by atoms with Gasteiger partial charge in [0.2, 0.25) is 0 Å². The molecule has 0 radical (unpaired) electrons. The zero-order chi connectivity index (χ0) is 26.6. The maximum atomic E-state index is 10.8. The van der Waals surface area contributed by atoms with Crippen molar-refractivity contribution in [3.63, 3.8) is 0 Å². The summed E-state index contributed by atoms with van der Waals surface area (Å²) in [7, 11) is 0. The topological polar surface area (TPSA) is 49.3 Å². The predicted octanol–water partition coefficient (Wildman–Crippen LogP) is 8.58. The summed E-state index contributed by atoms with van der Waals surface area (Å²) in [5, 5.41) is 11.7. The molecule has 0 bridgehead atoms. The van der Waals surface area contributed by atoms with Gasteiger partial charge in [-0.3, -0.25) is 4.98 Å². The third-order valence-corrected chi connectivity index (χ3v) is 7.70. The molecule has 1 aliphatic rings. The minimum Gasteiger partial charge on any atom is -0.506 e. The Morgan fingerprint density at radius 1 is 0.775 bits per heavy atom. The van der Waals surface area contributed by atoms with Crippen molar-refractivity contribution in [2.45, 2.75) is 19.3 Å². The van der Waals surface area contributed by atoms with Gasteiger partial charge in [0.05, 0.1) is 0 Å². The minimum atomic E-state index is -0.226. The van der Waals surface area contributed by atoms with Gasteiger partial charge in [0.25, 0.3) is 0 Å². The van der Waals surface area contributed by atoms with Gasteiger partial charge >= 0.3 is 0 Å². The SMILES string of the molecule is CC1(C)c2ccc(-c3cc(-c4ccccc4)c4cccc(O)c4n3)[c-]c2N(c2ccccn2)c2ccccc21.[Pt]. The number of hydrogen-bond acceptors (Lipinski definition) is 4. The summed E-state index contributed by atoms with van der Waals surface area (Å²) in [5.41, 5.74) is 8.50. The van der Waals surface area contributed by atoms with Crippen LogP contribution in [0.1, 0.15) is 25.0 Å². The van der Waals surface area contributed by atoms with Crippen molar-refractivity contribution < 1.29 is 26.2 Å². The number of rotatable bonds is 3. The first-order chi connectivity index (χ1) is 19.0. The third-order valence-electron chi connectivity index (χ3n) is 7.70. The number of aromatic nitrogens is 2. The molecule has 0 unspecified atom stereocenters. The molecule has 2 aromatic heterocycles. The molecule has 0 aliphatic carbocycles. The molecule has 1 aliphatic heterocycles. The fourth-order valence-corrected chi connectivity index (χ4v) is 5.73. The number of anilines is 3. The van der Waals surface area contributed by atoms with E-state index in [4.69, 9.17) is 9.97 Å². The van der Waals surface area contributed by atoms with Crippen LogP contribution in [0.25, 0.3) is 33.3 Å². The van der Waals surface area contributed by atoms with Gasteiger partial charge in [0.15, 0.2) is 0 Å². The molecule has 0 spiro atoms. The maximum absolute atomic E-state index is 10.8. The van der Waals surface area contributed by atoms with E-state index in [2.05, 4.69) is 79.4 Å². The van der Waals surface area contributed by atoms with Crippen LogP contribution < -0.4 is 4.90 Å². The summed E-state index contributed by atoms with van der Waals surface area (Å²) in [6, 6.07) is 40.4. The number of para-hydroxylation sites is 2. The number of fused-ring (bicyclic) bond motifs is 3. The second kappa shape index (κ2) is 10.0. The summed E-state index contributed by atoms with van der Waals surface area (Å²) in [6.45, 7) is 4.52. The van der Waals surface area contributed by atoms with Gasteiger partial charge in [0, 0.05) is 38.3 Å². The van der Waals surface area contributed by atoms with Crippen LogP contribution in [-0.2, 0) is 26.5 Å². The molecule has 6 aromatic rings. The number of nitrogens with zero attached hydrogens (tertiary/aromatic N) is 3. The first-order valence-electron chi connectivity index (χ1n) is 13.1. The molecule has 5 heteroatoms. The first-order valence-corrected chi connectivity index (χ1v) is 13.1. The predicted molar refractivity (Wildman–Crippen MR) is 158 cm³/mol. The van der Waals surface area contributed by atoms with Crippen molar-refractivity contribution in [1.82, 2.24) is 9.97 Å². The van der Waals surface area contributed by atoms with E-state index in [0.717, 1.165) is 45.0 Å². The fourth-order valence-electron chi connectivity index (χ4n) is 5.73. The van der Waals surface area contributed by atoms with Gasteiger partial charge < -0.3 is 10.0 Å². The van der Waals surface area contributed by atoms with Crippen molar-refractivity contribution >= 4 is 28.1 Å². The van der Waals surface area contributed by atoms with Gasteiger partial charge in [-0.2, -0.15) is 0 Å². The van der Waals surface area contributed by atoms with Crippen molar-refractivity contribution in [3.05, 3.63) is 133 Å². The van der Waals surface area contributed by atoms with Gasteiger partial charge in [0.1, 0.15) is 17.1 Å².